The molecule has 0 atom stereocenters. The fraction of sp³-hybridized carbons (Fsp3) is 0.778. The van der Waals surface area contributed by atoms with Crippen molar-refractivity contribution in [2.75, 3.05) is 20.1 Å². The molecule has 0 radical (unpaired) electrons. The maximum absolute atomic E-state index is 4.74. The summed E-state index contributed by atoms with van der Waals surface area (Å²) >= 11 is 0. The van der Waals surface area contributed by atoms with Crippen LogP contribution in [-0.4, -0.2) is 52.6 Å². The highest BCUT2D eigenvalue weighted by atomic mass is 127. The number of halogens is 1. The van der Waals surface area contributed by atoms with Gasteiger partial charge in [0.2, 0.25) is 0 Å². The van der Waals surface area contributed by atoms with E-state index in [0.717, 1.165) is 31.2 Å². The number of guanidine groups is 1. The monoisotopic (exact) mass is 460 g/mol. The zero-order valence-corrected chi connectivity index (χ0v) is 18.1. The number of fused-ring (bicyclic) bond motifs is 1. The number of hydrogen-bond donors (Lipinski definition) is 2. The van der Waals surface area contributed by atoms with Gasteiger partial charge in [-0.15, -0.1) is 24.0 Å². The second-order valence-electron chi connectivity index (χ2n) is 7.27. The predicted octanol–water partition coefficient (Wildman–Crippen LogP) is 2.38. The van der Waals surface area contributed by atoms with E-state index in [4.69, 9.17) is 4.98 Å². The molecule has 0 bridgehead atoms. The topological polar surface area (TPSA) is 57.5 Å². The minimum atomic E-state index is 0. The Bertz CT molecular complexity index is 536. The fourth-order valence-electron chi connectivity index (χ4n) is 3.68. The first kappa shape index (κ1) is 20.5. The Kier molecular flexibility index (Phi) is 7.99. The molecule has 2 aliphatic heterocycles. The van der Waals surface area contributed by atoms with Crippen molar-refractivity contribution < 1.29 is 0 Å². The van der Waals surface area contributed by atoms with E-state index in [1.54, 1.807) is 0 Å². The molecule has 6 nitrogen and oxygen atoms in total. The third kappa shape index (κ3) is 5.57. The van der Waals surface area contributed by atoms with Crippen LogP contribution in [0.25, 0.3) is 0 Å². The highest BCUT2D eigenvalue weighted by molar-refractivity contribution is 14.0. The third-order valence-corrected chi connectivity index (χ3v) is 5.22. The molecule has 3 heterocycles. The number of nitrogens with zero attached hydrogens (tertiary/aromatic N) is 4. The lowest BCUT2D eigenvalue weighted by molar-refractivity contribution is 0.167. The number of likely N-dealkylation sites (tertiary alicyclic amines) is 1. The maximum Gasteiger partial charge on any atom is 0.191 e. The van der Waals surface area contributed by atoms with Crippen LogP contribution >= 0.6 is 24.0 Å². The van der Waals surface area contributed by atoms with E-state index in [1.807, 2.05) is 7.05 Å². The Morgan fingerprint density at radius 2 is 2.04 bits per heavy atom. The summed E-state index contributed by atoms with van der Waals surface area (Å²) in [5.74, 6) is 2.13. The number of imidazole rings is 1. The van der Waals surface area contributed by atoms with Crippen LogP contribution in [0.5, 0.6) is 0 Å². The molecule has 142 valence electrons. The molecule has 1 aromatic rings. The van der Waals surface area contributed by atoms with Crippen LogP contribution in [0, 0.1) is 0 Å². The molecule has 7 heteroatoms. The van der Waals surface area contributed by atoms with Crippen molar-refractivity contribution in [1.29, 1.82) is 0 Å². The molecule has 0 aliphatic carbocycles. The average molecular weight is 460 g/mol. The van der Waals surface area contributed by atoms with Gasteiger partial charge in [-0.25, -0.2) is 4.98 Å². The zero-order chi connectivity index (χ0) is 16.9. The highest BCUT2D eigenvalue weighted by Gasteiger charge is 2.21. The van der Waals surface area contributed by atoms with Gasteiger partial charge in [0.1, 0.15) is 5.82 Å². The second kappa shape index (κ2) is 9.75. The van der Waals surface area contributed by atoms with Crippen LogP contribution in [0.3, 0.4) is 0 Å². The Hall–Kier alpha value is -0.830. The summed E-state index contributed by atoms with van der Waals surface area (Å²) in [4.78, 5) is 11.7. The molecule has 3 rings (SSSR count). The molecular formula is C18H33IN6. The number of nitrogens with one attached hydrogen (secondary N) is 2. The summed E-state index contributed by atoms with van der Waals surface area (Å²) in [5.41, 5.74) is 1.12. The second-order valence-corrected chi connectivity index (χ2v) is 7.27. The van der Waals surface area contributed by atoms with Crippen molar-refractivity contribution in [2.45, 2.75) is 71.1 Å². The van der Waals surface area contributed by atoms with Crippen molar-refractivity contribution in [3.05, 3.63) is 17.7 Å². The van der Waals surface area contributed by atoms with E-state index >= 15 is 0 Å². The molecule has 0 aromatic carbocycles. The minimum Gasteiger partial charge on any atom is -0.354 e. The third-order valence-electron chi connectivity index (χ3n) is 5.22. The summed E-state index contributed by atoms with van der Waals surface area (Å²) in [6.07, 6.45) is 8.20. The van der Waals surface area contributed by atoms with Gasteiger partial charge in [0.15, 0.2) is 5.96 Å². The van der Waals surface area contributed by atoms with Crippen LogP contribution in [0.15, 0.2) is 11.2 Å². The number of hydrogen-bond acceptors (Lipinski definition) is 3. The Morgan fingerprint density at radius 1 is 1.28 bits per heavy atom. The number of aliphatic imine (C=N–C) groups is 1. The van der Waals surface area contributed by atoms with Crippen LogP contribution in [0.2, 0.25) is 0 Å². The van der Waals surface area contributed by atoms with Gasteiger partial charge in [-0.05, 0) is 39.5 Å². The molecule has 25 heavy (non-hydrogen) atoms. The normalized spacial score (nSPS) is 19.4. The lowest BCUT2D eigenvalue weighted by atomic mass is 10.0. The highest BCUT2D eigenvalue weighted by Crippen LogP contribution is 2.15. The van der Waals surface area contributed by atoms with Gasteiger partial charge in [-0.3, -0.25) is 4.99 Å². The summed E-state index contributed by atoms with van der Waals surface area (Å²) in [7, 11) is 1.84. The molecule has 0 unspecified atom stereocenters. The van der Waals surface area contributed by atoms with Gasteiger partial charge in [0.25, 0.3) is 0 Å². The van der Waals surface area contributed by atoms with Gasteiger partial charge in [-0.2, -0.15) is 0 Å². The molecule has 2 aliphatic rings. The maximum atomic E-state index is 4.74. The molecular weight excluding hydrogens is 427 g/mol. The van der Waals surface area contributed by atoms with E-state index < -0.39 is 0 Å². The van der Waals surface area contributed by atoms with E-state index in [2.05, 4.69) is 45.1 Å². The van der Waals surface area contributed by atoms with E-state index in [0.29, 0.717) is 12.1 Å². The predicted molar refractivity (Wildman–Crippen MR) is 114 cm³/mol. The van der Waals surface area contributed by atoms with Gasteiger partial charge in [0.05, 0.1) is 12.2 Å². The Balaban J connectivity index is 0.00000225. The van der Waals surface area contributed by atoms with Crippen molar-refractivity contribution in [1.82, 2.24) is 25.1 Å². The van der Waals surface area contributed by atoms with Crippen LogP contribution in [0.1, 0.15) is 51.0 Å². The molecule has 0 saturated carbocycles. The van der Waals surface area contributed by atoms with Crippen molar-refractivity contribution in [2.24, 2.45) is 4.99 Å². The van der Waals surface area contributed by atoms with Crippen LogP contribution < -0.4 is 10.6 Å². The lowest BCUT2D eigenvalue weighted by Crippen LogP contribution is -2.49. The van der Waals surface area contributed by atoms with Gasteiger partial charge >= 0.3 is 0 Å². The molecule has 0 amide bonds. The van der Waals surface area contributed by atoms with E-state index in [9.17, 15) is 0 Å². The molecule has 2 N–H and O–H groups in total. The van der Waals surface area contributed by atoms with Crippen molar-refractivity contribution >= 4 is 29.9 Å². The van der Waals surface area contributed by atoms with Gasteiger partial charge < -0.3 is 20.1 Å². The van der Waals surface area contributed by atoms with Gasteiger partial charge in [0, 0.05) is 51.4 Å². The summed E-state index contributed by atoms with van der Waals surface area (Å²) in [6.45, 7) is 8.74. The van der Waals surface area contributed by atoms with Crippen LogP contribution in [-0.2, 0) is 19.5 Å². The molecule has 0 spiro atoms. The van der Waals surface area contributed by atoms with E-state index in [-0.39, 0.29) is 24.0 Å². The molecule has 1 aromatic heterocycles. The smallest absolute Gasteiger partial charge is 0.191 e. The number of rotatable bonds is 4. The average Bonchev–Trinajstić information content (AvgIpc) is 3.02. The molecule has 1 fully saturated rings. The fourth-order valence-corrected chi connectivity index (χ4v) is 3.68. The van der Waals surface area contributed by atoms with Gasteiger partial charge in [-0.1, -0.05) is 0 Å². The lowest BCUT2D eigenvalue weighted by Gasteiger charge is -2.35. The standard InChI is InChI=1S/C18H32N6.HI/c1-14(2)23-10-7-15(8-11-23)22-18(19-3)20-12-16-13-24-9-5-4-6-17(24)21-16;/h13-15H,4-12H2,1-3H3,(H2,19,20,22);1H. The Labute approximate surface area is 168 Å². The first-order valence-electron chi connectivity index (χ1n) is 9.42. The number of aromatic nitrogens is 2. The van der Waals surface area contributed by atoms with Crippen molar-refractivity contribution in [3.63, 3.8) is 0 Å². The first-order chi connectivity index (χ1) is 11.7. The summed E-state index contributed by atoms with van der Waals surface area (Å²) in [5, 5.41) is 7.00. The summed E-state index contributed by atoms with van der Waals surface area (Å²) < 4.78 is 2.30. The van der Waals surface area contributed by atoms with E-state index in [1.165, 1.54) is 44.6 Å². The largest absolute Gasteiger partial charge is 0.354 e. The quantitative estimate of drug-likeness (QED) is 0.412. The van der Waals surface area contributed by atoms with Crippen molar-refractivity contribution in [3.8, 4) is 0 Å². The minimum absolute atomic E-state index is 0. The zero-order valence-electron chi connectivity index (χ0n) is 15.8. The Morgan fingerprint density at radius 3 is 2.68 bits per heavy atom. The summed E-state index contributed by atoms with van der Waals surface area (Å²) in [6, 6.07) is 1.16. The van der Waals surface area contributed by atoms with Crippen LogP contribution in [0.4, 0.5) is 0 Å². The number of aryl methyl sites for hydroxylation is 2. The SMILES string of the molecule is CN=C(NCc1cn2c(n1)CCCC2)NC1CCN(C(C)C)CC1.I. The number of piperidine rings is 1. The first-order valence-corrected chi connectivity index (χ1v) is 9.42. The molecule has 1 saturated heterocycles.